The molecule has 0 aromatic heterocycles. The van der Waals surface area contributed by atoms with E-state index in [4.69, 9.17) is 4.74 Å². The van der Waals surface area contributed by atoms with Crippen LogP contribution < -0.4 is 0 Å². The first kappa shape index (κ1) is 8.89. The van der Waals surface area contributed by atoms with E-state index in [9.17, 15) is 4.39 Å². The summed E-state index contributed by atoms with van der Waals surface area (Å²) >= 11 is 0. The molecule has 0 bridgehead atoms. The number of halogens is 1. The Bertz CT molecular complexity index is 42.2. The summed E-state index contributed by atoms with van der Waals surface area (Å²) in [6.45, 7) is 4.55. The fraction of sp³-hybridized carbons (Fsp3) is 0.857. The van der Waals surface area contributed by atoms with Crippen LogP contribution in [0.25, 0.3) is 0 Å². The minimum atomic E-state index is -0.204. The zero-order valence-corrected chi connectivity index (χ0v) is 5.74. The van der Waals surface area contributed by atoms with Crippen molar-refractivity contribution >= 4 is 0 Å². The molecule has 0 aromatic rings. The quantitative estimate of drug-likeness (QED) is 0.503. The highest BCUT2D eigenvalue weighted by Gasteiger charge is 1.86. The molecular weight excluding hydrogens is 119 g/mol. The topological polar surface area (TPSA) is 9.23 Å². The maximum atomic E-state index is 11.4. The highest BCUT2D eigenvalue weighted by Crippen LogP contribution is 1.95. The van der Waals surface area contributed by atoms with Crippen molar-refractivity contribution in [3.63, 3.8) is 0 Å². The van der Waals surface area contributed by atoms with Crippen molar-refractivity contribution in [2.75, 3.05) is 19.9 Å². The van der Waals surface area contributed by atoms with Crippen LogP contribution in [0.2, 0.25) is 0 Å². The Kier molecular flexibility index (Phi) is 7.79. The second-order valence-corrected chi connectivity index (χ2v) is 1.86. The lowest BCUT2D eigenvalue weighted by molar-refractivity contribution is 0.155. The first-order valence-corrected chi connectivity index (χ1v) is 3.34. The molecule has 1 radical (unpaired) electrons. The minimum Gasteiger partial charge on any atom is -0.381 e. The Morgan fingerprint density at radius 1 is 1.22 bits per heavy atom. The molecule has 55 valence electrons. The van der Waals surface area contributed by atoms with E-state index in [1.54, 1.807) is 0 Å². The molecule has 1 nitrogen and oxygen atoms in total. The molecule has 9 heavy (non-hydrogen) atoms. The zero-order chi connectivity index (χ0) is 6.95. The Balaban J connectivity index is 2.60. The lowest BCUT2D eigenvalue weighted by atomic mass is 10.3. The van der Waals surface area contributed by atoms with Gasteiger partial charge in [-0.3, -0.25) is 4.39 Å². The van der Waals surface area contributed by atoms with Crippen molar-refractivity contribution in [1.29, 1.82) is 0 Å². The fourth-order valence-electron chi connectivity index (χ4n) is 0.577. The van der Waals surface area contributed by atoms with Gasteiger partial charge in [0.25, 0.3) is 0 Å². The number of ether oxygens (including phenoxy) is 1. The summed E-state index contributed by atoms with van der Waals surface area (Å²) in [5, 5.41) is 0. The third-order valence-electron chi connectivity index (χ3n) is 1.07. The Morgan fingerprint density at radius 2 is 2.00 bits per heavy atom. The number of hydrogen-bond donors (Lipinski definition) is 0. The molecule has 0 atom stereocenters. The van der Waals surface area contributed by atoms with Crippen molar-refractivity contribution in [3.8, 4) is 0 Å². The molecule has 0 aromatic carbocycles. The van der Waals surface area contributed by atoms with Crippen LogP contribution in [0.4, 0.5) is 4.39 Å². The summed E-state index contributed by atoms with van der Waals surface area (Å²) in [6.07, 6.45) is 2.55. The van der Waals surface area contributed by atoms with E-state index in [0.29, 0.717) is 13.0 Å². The maximum Gasteiger partial charge on any atom is 0.0894 e. The lowest BCUT2D eigenvalue weighted by Crippen LogP contribution is -1.93. The largest absolute Gasteiger partial charge is 0.381 e. The second-order valence-electron chi connectivity index (χ2n) is 1.86. The van der Waals surface area contributed by atoms with Crippen LogP contribution in [-0.2, 0) is 4.74 Å². The van der Waals surface area contributed by atoms with E-state index in [2.05, 4.69) is 6.92 Å². The zero-order valence-electron chi connectivity index (χ0n) is 5.74. The first-order valence-electron chi connectivity index (χ1n) is 3.34. The average molecular weight is 133 g/mol. The molecule has 0 N–H and O–H groups in total. The van der Waals surface area contributed by atoms with Gasteiger partial charge in [-0.1, -0.05) is 0 Å². The molecule has 0 heterocycles. The molecule has 0 aliphatic heterocycles. The van der Waals surface area contributed by atoms with Crippen LogP contribution >= 0.6 is 0 Å². The first-order chi connectivity index (χ1) is 4.41. The van der Waals surface area contributed by atoms with Crippen LogP contribution in [0, 0.1) is 6.92 Å². The second kappa shape index (κ2) is 7.89. The average Bonchev–Trinajstić information content (AvgIpc) is 1.89. The van der Waals surface area contributed by atoms with Gasteiger partial charge in [0, 0.05) is 13.2 Å². The van der Waals surface area contributed by atoms with E-state index in [-0.39, 0.29) is 6.67 Å². The Morgan fingerprint density at radius 3 is 2.56 bits per heavy atom. The van der Waals surface area contributed by atoms with Gasteiger partial charge < -0.3 is 4.74 Å². The molecule has 0 fully saturated rings. The molecule has 0 aliphatic carbocycles. The number of rotatable bonds is 6. The third-order valence-corrected chi connectivity index (χ3v) is 1.07. The molecule has 0 saturated heterocycles. The molecule has 0 rings (SSSR count). The van der Waals surface area contributed by atoms with Crippen LogP contribution in [0.1, 0.15) is 19.3 Å². The van der Waals surface area contributed by atoms with Gasteiger partial charge in [-0.2, -0.15) is 0 Å². The predicted octanol–water partition coefficient (Wildman–Crippen LogP) is 1.98. The monoisotopic (exact) mass is 133 g/mol. The highest BCUT2D eigenvalue weighted by molar-refractivity contribution is 4.39. The normalized spacial score (nSPS) is 10.0. The van der Waals surface area contributed by atoms with Crippen LogP contribution in [-0.4, -0.2) is 19.9 Å². The molecular formula is C7H14FO. The summed E-state index contributed by atoms with van der Waals surface area (Å²) in [7, 11) is 0. The molecule has 0 spiro atoms. The van der Waals surface area contributed by atoms with Crippen LogP contribution in [0.15, 0.2) is 0 Å². The van der Waals surface area contributed by atoms with E-state index in [0.717, 1.165) is 19.4 Å². The number of unbranched alkanes of at least 4 members (excludes halogenated alkanes) is 2. The molecule has 0 amide bonds. The van der Waals surface area contributed by atoms with Crippen molar-refractivity contribution in [2.24, 2.45) is 0 Å². The van der Waals surface area contributed by atoms with E-state index in [1.165, 1.54) is 0 Å². The van der Waals surface area contributed by atoms with Crippen molar-refractivity contribution in [2.45, 2.75) is 19.3 Å². The van der Waals surface area contributed by atoms with Gasteiger partial charge in [-0.25, -0.2) is 0 Å². The lowest BCUT2D eigenvalue weighted by Gasteiger charge is -1.97. The van der Waals surface area contributed by atoms with Gasteiger partial charge in [0.05, 0.1) is 6.67 Å². The predicted molar refractivity (Wildman–Crippen MR) is 36.0 cm³/mol. The van der Waals surface area contributed by atoms with Gasteiger partial charge in [0.1, 0.15) is 0 Å². The van der Waals surface area contributed by atoms with Gasteiger partial charge in [-0.15, -0.1) is 0 Å². The summed E-state index contributed by atoms with van der Waals surface area (Å²) in [4.78, 5) is 0. The van der Waals surface area contributed by atoms with E-state index < -0.39 is 0 Å². The molecule has 0 aliphatic rings. The smallest absolute Gasteiger partial charge is 0.0894 e. The molecule has 0 saturated carbocycles. The van der Waals surface area contributed by atoms with Crippen molar-refractivity contribution in [3.05, 3.63) is 6.92 Å². The summed E-state index contributed by atoms with van der Waals surface area (Å²) < 4.78 is 16.4. The third kappa shape index (κ3) is 7.89. The van der Waals surface area contributed by atoms with Gasteiger partial charge in [0.2, 0.25) is 0 Å². The fourth-order valence-corrected chi connectivity index (χ4v) is 0.577. The molecule has 0 unspecified atom stereocenters. The van der Waals surface area contributed by atoms with Crippen LogP contribution in [0.5, 0.6) is 0 Å². The SMILES string of the molecule is [CH2]COCCCCCF. The summed E-state index contributed by atoms with van der Waals surface area (Å²) in [5.41, 5.74) is 0. The standard InChI is InChI=1S/C7H14FO/c1-2-9-7-5-3-4-6-8/h1-7H2. The van der Waals surface area contributed by atoms with Gasteiger partial charge in [-0.05, 0) is 26.2 Å². The highest BCUT2D eigenvalue weighted by atomic mass is 19.1. The number of hydrogen-bond acceptors (Lipinski definition) is 1. The van der Waals surface area contributed by atoms with E-state index >= 15 is 0 Å². The minimum absolute atomic E-state index is 0.204. The summed E-state index contributed by atoms with van der Waals surface area (Å²) in [5.74, 6) is 0. The van der Waals surface area contributed by atoms with Crippen LogP contribution in [0.3, 0.4) is 0 Å². The molecule has 2 heteroatoms. The Labute approximate surface area is 56.2 Å². The maximum absolute atomic E-state index is 11.4. The van der Waals surface area contributed by atoms with E-state index in [1.807, 2.05) is 0 Å². The summed E-state index contributed by atoms with van der Waals surface area (Å²) in [6, 6.07) is 0. The van der Waals surface area contributed by atoms with Gasteiger partial charge >= 0.3 is 0 Å². The van der Waals surface area contributed by atoms with Gasteiger partial charge in [0.15, 0.2) is 0 Å². The Hall–Kier alpha value is -0.110. The van der Waals surface area contributed by atoms with Crippen molar-refractivity contribution in [1.82, 2.24) is 0 Å². The van der Waals surface area contributed by atoms with Crippen molar-refractivity contribution < 1.29 is 9.13 Å². The number of alkyl halides is 1.